The lowest BCUT2D eigenvalue weighted by Gasteiger charge is -2.39. The van der Waals surface area contributed by atoms with Crippen LogP contribution in [0.3, 0.4) is 0 Å². The van der Waals surface area contributed by atoms with Gasteiger partial charge in [0.2, 0.25) is 0 Å². The average Bonchev–Trinajstić information content (AvgIpc) is 2.75. The quantitative estimate of drug-likeness (QED) is 0.897. The minimum absolute atomic E-state index is 0.467. The van der Waals surface area contributed by atoms with Gasteiger partial charge in [-0.1, -0.05) is 6.92 Å². The molecule has 17 heavy (non-hydrogen) atoms. The van der Waals surface area contributed by atoms with E-state index in [1.54, 1.807) is 11.3 Å². The molecule has 96 valence electrons. The maximum absolute atomic E-state index is 4.61. The highest BCUT2D eigenvalue weighted by molar-refractivity contribution is 7.09. The number of aromatic nitrogens is 1. The van der Waals surface area contributed by atoms with Crippen LogP contribution < -0.4 is 5.32 Å². The number of likely N-dealkylation sites (tertiary alicyclic amines) is 1. The van der Waals surface area contributed by atoms with E-state index in [1.807, 2.05) is 0 Å². The van der Waals surface area contributed by atoms with E-state index in [4.69, 9.17) is 0 Å². The Hall–Kier alpha value is -0.450. The van der Waals surface area contributed by atoms with Crippen molar-refractivity contribution < 1.29 is 0 Å². The zero-order chi connectivity index (χ0) is 12.4. The summed E-state index contributed by atoms with van der Waals surface area (Å²) in [6.07, 6.45) is 1.24. The third-order valence-electron chi connectivity index (χ3n) is 3.85. The maximum atomic E-state index is 4.61. The number of nitrogens with zero attached hydrogens (tertiary/aromatic N) is 2. The predicted molar refractivity (Wildman–Crippen MR) is 73.5 cm³/mol. The van der Waals surface area contributed by atoms with E-state index in [9.17, 15) is 0 Å². The molecule has 0 amide bonds. The van der Waals surface area contributed by atoms with Crippen LogP contribution in [0.4, 0.5) is 0 Å². The molecule has 0 bridgehead atoms. The SMILES string of the molecule is CNC1CCN(C(C)c2nc(C)cs2)CC1C. The van der Waals surface area contributed by atoms with Crippen LogP contribution in [0, 0.1) is 12.8 Å². The molecule has 3 atom stereocenters. The average molecular weight is 253 g/mol. The first kappa shape index (κ1) is 13.0. The minimum Gasteiger partial charge on any atom is -0.317 e. The molecule has 3 unspecified atom stereocenters. The predicted octanol–water partition coefficient (Wildman–Crippen LogP) is 2.44. The van der Waals surface area contributed by atoms with Gasteiger partial charge in [-0.2, -0.15) is 0 Å². The van der Waals surface area contributed by atoms with Gasteiger partial charge >= 0.3 is 0 Å². The lowest BCUT2D eigenvalue weighted by molar-refractivity contribution is 0.114. The van der Waals surface area contributed by atoms with E-state index in [0.717, 1.165) is 11.6 Å². The Balaban J connectivity index is 1.99. The molecule has 0 aromatic carbocycles. The van der Waals surface area contributed by atoms with Gasteiger partial charge in [0.05, 0.1) is 6.04 Å². The molecule has 1 aliphatic rings. The molecule has 1 fully saturated rings. The summed E-state index contributed by atoms with van der Waals surface area (Å²) in [5.74, 6) is 0.720. The highest BCUT2D eigenvalue weighted by atomic mass is 32.1. The number of hydrogen-bond donors (Lipinski definition) is 1. The van der Waals surface area contributed by atoms with Gasteiger partial charge < -0.3 is 5.32 Å². The van der Waals surface area contributed by atoms with Crippen LogP contribution in [-0.4, -0.2) is 36.1 Å². The standard InChI is InChI=1S/C13H23N3S/c1-9-7-16(6-5-12(9)14-4)11(3)13-15-10(2)8-17-13/h8-9,11-12,14H,5-7H2,1-4H3. The molecular formula is C13H23N3S. The third-order valence-corrected chi connectivity index (χ3v) is 4.98. The molecule has 2 heterocycles. The first-order chi connectivity index (χ1) is 8.11. The zero-order valence-electron chi connectivity index (χ0n) is 11.2. The molecule has 0 saturated carbocycles. The van der Waals surface area contributed by atoms with Crippen LogP contribution in [0.2, 0.25) is 0 Å². The molecule has 2 rings (SSSR count). The summed E-state index contributed by atoms with van der Waals surface area (Å²) in [5.41, 5.74) is 1.15. The van der Waals surface area contributed by atoms with Gasteiger partial charge in [-0.3, -0.25) is 4.90 Å². The second-order valence-electron chi connectivity index (χ2n) is 5.16. The van der Waals surface area contributed by atoms with Crippen LogP contribution in [-0.2, 0) is 0 Å². The summed E-state index contributed by atoms with van der Waals surface area (Å²) in [6, 6.07) is 1.14. The number of aryl methyl sites for hydroxylation is 1. The molecule has 1 aliphatic heterocycles. The van der Waals surface area contributed by atoms with Gasteiger partial charge in [0, 0.05) is 30.2 Å². The monoisotopic (exact) mass is 253 g/mol. The largest absolute Gasteiger partial charge is 0.317 e. The van der Waals surface area contributed by atoms with Gasteiger partial charge in [-0.05, 0) is 33.2 Å². The van der Waals surface area contributed by atoms with Crippen molar-refractivity contribution in [3.63, 3.8) is 0 Å². The Kier molecular flexibility index (Phi) is 4.17. The highest BCUT2D eigenvalue weighted by Crippen LogP contribution is 2.28. The summed E-state index contributed by atoms with van der Waals surface area (Å²) in [4.78, 5) is 7.18. The molecule has 0 spiro atoms. The first-order valence-electron chi connectivity index (χ1n) is 6.45. The Morgan fingerprint density at radius 3 is 2.88 bits per heavy atom. The Morgan fingerprint density at radius 2 is 2.35 bits per heavy atom. The molecule has 4 heteroatoms. The molecule has 0 aliphatic carbocycles. The van der Waals surface area contributed by atoms with Crippen LogP contribution in [0.15, 0.2) is 5.38 Å². The summed E-state index contributed by atoms with van der Waals surface area (Å²) >= 11 is 1.79. The summed E-state index contributed by atoms with van der Waals surface area (Å²) in [7, 11) is 2.07. The van der Waals surface area contributed by atoms with E-state index < -0.39 is 0 Å². The van der Waals surface area contributed by atoms with Crippen molar-refractivity contribution in [2.24, 2.45) is 5.92 Å². The Bertz CT molecular complexity index is 363. The van der Waals surface area contributed by atoms with Crippen LogP contribution in [0.5, 0.6) is 0 Å². The van der Waals surface area contributed by atoms with Gasteiger partial charge in [0.1, 0.15) is 5.01 Å². The third kappa shape index (κ3) is 2.87. The lowest BCUT2D eigenvalue weighted by Crippen LogP contribution is -2.47. The highest BCUT2D eigenvalue weighted by Gasteiger charge is 2.28. The van der Waals surface area contributed by atoms with Crippen LogP contribution in [0.1, 0.15) is 37.0 Å². The van der Waals surface area contributed by atoms with Crippen molar-refractivity contribution in [2.45, 2.75) is 39.3 Å². The molecule has 1 saturated heterocycles. The molecule has 1 aromatic rings. The summed E-state index contributed by atoms with van der Waals surface area (Å²) < 4.78 is 0. The van der Waals surface area contributed by atoms with Crippen molar-refractivity contribution in [3.05, 3.63) is 16.1 Å². The minimum atomic E-state index is 0.467. The Labute approximate surface area is 108 Å². The van der Waals surface area contributed by atoms with Crippen LogP contribution in [0.25, 0.3) is 0 Å². The Morgan fingerprint density at radius 1 is 1.59 bits per heavy atom. The molecule has 1 aromatic heterocycles. The number of piperidine rings is 1. The van der Waals surface area contributed by atoms with Gasteiger partial charge in [-0.15, -0.1) is 11.3 Å². The maximum Gasteiger partial charge on any atom is 0.110 e. The fourth-order valence-corrected chi connectivity index (χ4v) is 3.57. The number of rotatable bonds is 3. The number of nitrogens with one attached hydrogen (secondary N) is 1. The second kappa shape index (κ2) is 5.46. The summed E-state index contributed by atoms with van der Waals surface area (Å²) in [5, 5.41) is 6.83. The van der Waals surface area contributed by atoms with Crippen molar-refractivity contribution >= 4 is 11.3 Å². The smallest absolute Gasteiger partial charge is 0.110 e. The van der Waals surface area contributed by atoms with Gasteiger partial charge in [0.25, 0.3) is 0 Å². The number of hydrogen-bond acceptors (Lipinski definition) is 4. The van der Waals surface area contributed by atoms with Crippen molar-refractivity contribution in [1.29, 1.82) is 0 Å². The lowest BCUT2D eigenvalue weighted by atomic mass is 9.93. The first-order valence-corrected chi connectivity index (χ1v) is 7.33. The second-order valence-corrected chi connectivity index (χ2v) is 6.05. The number of thiazole rings is 1. The molecule has 1 N–H and O–H groups in total. The summed E-state index contributed by atoms with van der Waals surface area (Å²) in [6.45, 7) is 9.04. The van der Waals surface area contributed by atoms with Gasteiger partial charge in [0.15, 0.2) is 0 Å². The van der Waals surface area contributed by atoms with E-state index >= 15 is 0 Å². The fourth-order valence-electron chi connectivity index (χ4n) is 2.68. The normalized spacial score (nSPS) is 28.2. The van der Waals surface area contributed by atoms with Crippen molar-refractivity contribution in [2.75, 3.05) is 20.1 Å². The van der Waals surface area contributed by atoms with Crippen LogP contribution >= 0.6 is 11.3 Å². The fraction of sp³-hybridized carbons (Fsp3) is 0.769. The molecule has 0 radical (unpaired) electrons. The van der Waals surface area contributed by atoms with E-state index in [2.05, 4.69) is 48.4 Å². The van der Waals surface area contributed by atoms with Gasteiger partial charge in [-0.25, -0.2) is 4.98 Å². The van der Waals surface area contributed by atoms with Crippen molar-refractivity contribution in [3.8, 4) is 0 Å². The van der Waals surface area contributed by atoms with E-state index in [-0.39, 0.29) is 0 Å². The topological polar surface area (TPSA) is 28.2 Å². The zero-order valence-corrected chi connectivity index (χ0v) is 12.0. The molecule has 3 nitrogen and oxygen atoms in total. The van der Waals surface area contributed by atoms with Crippen molar-refractivity contribution in [1.82, 2.24) is 15.2 Å². The molecular weight excluding hydrogens is 230 g/mol. The van der Waals surface area contributed by atoms with E-state index in [1.165, 1.54) is 24.5 Å². The van der Waals surface area contributed by atoms with E-state index in [0.29, 0.717) is 12.1 Å².